The zero-order valence-electron chi connectivity index (χ0n) is 18.4. The number of carbonyl (C=O) groups is 1. The molecule has 0 spiro atoms. The van der Waals surface area contributed by atoms with Crippen LogP contribution in [0.15, 0.2) is 46.9 Å². The molecule has 1 aliphatic carbocycles. The maximum absolute atomic E-state index is 13.4. The summed E-state index contributed by atoms with van der Waals surface area (Å²) in [5.74, 6) is -0.319. The summed E-state index contributed by atoms with van der Waals surface area (Å²) in [5, 5.41) is 2.67. The van der Waals surface area contributed by atoms with Gasteiger partial charge in [-0.05, 0) is 61.6 Å². The molecule has 1 atom stereocenters. The highest BCUT2D eigenvalue weighted by Crippen LogP contribution is 2.37. The van der Waals surface area contributed by atoms with Gasteiger partial charge in [-0.15, -0.1) is 0 Å². The first-order chi connectivity index (χ1) is 16.3. The molecule has 10 heteroatoms. The van der Waals surface area contributed by atoms with Gasteiger partial charge in [-0.2, -0.15) is 8.78 Å². The lowest BCUT2D eigenvalue weighted by Crippen LogP contribution is -2.25. The van der Waals surface area contributed by atoms with E-state index in [2.05, 4.69) is 15.0 Å². The minimum Gasteiger partial charge on any atom is -0.489 e. The number of halogens is 3. The minimum absolute atomic E-state index is 0.0187. The molecule has 1 unspecified atom stereocenters. The molecule has 0 bridgehead atoms. The average molecular weight is 475 g/mol. The minimum atomic E-state index is -3.01. The first-order valence-electron chi connectivity index (χ1n) is 10.8. The first kappa shape index (κ1) is 23.6. The Balaban J connectivity index is 1.58. The Bertz CT molecular complexity index is 1160. The Kier molecular flexibility index (Phi) is 7.06. The van der Waals surface area contributed by atoms with Crippen molar-refractivity contribution < 1.29 is 31.9 Å². The van der Waals surface area contributed by atoms with Crippen LogP contribution < -0.4 is 20.5 Å². The summed E-state index contributed by atoms with van der Waals surface area (Å²) < 4.78 is 55.0. The molecule has 3 N–H and O–H groups in total. The van der Waals surface area contributed by atoms with Gasteiger partial charge in [-0.25, -0.2) is 9.37 Å². The fourth-order valence-electron chi connectivity index (χ4n) is 3.28. The molecule has 1 amide bonds. The average Bonchev–Trinajstić information content (AvgIpc) is 3.51. The molecule has 180 valence electrons. The number of aromatic nitrogens is 1. The number of nitrogens with zero attached hydrogens (tertiary/aromatic N) is 1. The third-order valence-corrected chi connectivity index (χ3v) is 5.20. The summed E-state index contributed by atoms with van der Waals surface area (Å²) in [5.41, 5.74) is 6.93. The molecule has 4 rings (SSSR count). The predicted molar refractivity (Wildman–Crippen MR) is 117 cm³/mol. The lowest BCUT2D eigenvalue weighted by atomic mass is 10.2. The number of carbonyl (C=O) groups excluding carboxylic acids is 1. The Morgan fingerprint density at radius 3 is 2.71 bits per heavy atom. The van der Waals surface area contributed by atoms with Crippen molar-refractivity contribution >= 4 is 5.91 Å². The van der Waals surface area contributed by atoms with Crippen molar-refractivity contribution in [1.82, 2.24) is 10.3 Å². The number of rotatable bonds is 10. The third-order valence-electron chi connectivity index (χ3n) is 5.20. The summed E-state index contributed by atoms with van der Waals surface area (Å²) >= 11 is 0. The first-order valence-corrected chi connectivity index (χ1v) is 10.8. The highest BCUT2D eigenvalue weighted by molar-refractivity contribution is 5.94. The van der Waals surface area contributed by atoms with E-state index in [0.717, 1.165) is 12.8 Å². The summed E-state index contributed by atoms with van der Waals surface area (Å²) in [6.07, 6.45) is 2.05. The Morgan fingerprint density at radius 2 is 2.03 bits per heavy atom. The molecule has 1 saturated carbocycles. The largest absolute Gasteiger partial charge is 0.489 e. The highest BCUT2D eigenvalue weighted by Gasteiger charge is 2.26. The van der Waals surface area contributed by atoms with E-state index >= 15 is 0 Å². The summed E-state index contributed by atoms with van der Waals surface area (Å²) in [6, 6.07) is 9.49. The van der Waals surface area contributed by atoms with Gasteiger partial charge in [0.05, 0.1) is 12.6 Å². The van der Waals surface area contributed by atoms with Crippen LogP contribution in [0.1, 0.15) is 47.6 Å². The topological polar surface area (TPSA) is 99.6 Å². The number of hydrogen-bond acceptors (Lipinski definition) is 6. The monoisotopic (exact) mass is 475 g/mol. The van der Waals surface area contributed by atoms with Crippen LogP contribution in [0.2, 0.25) is 0 Å². The van der Waals surface area contributed by atoms with Crippen LogP contribution in [0.4, 0.5) is 13.2 Å². The molecule has 1 aliphatic rings. The molecule has 1 heterocycles. The van der Waals surface area contributed by atoms with Gasteiger partial charge in [0.25, 0.3) is 5.91 Å². The standard InChI is InChI=1S/C24H24F3N3O4/c1-13(28)21-20(22(31)29-11-15-3-2-4-17(25)9-15)30-23(34-21)16-7-8-18(33-24(26)27)19(10-16)32-12-14-5-6-14/h2-4,7-10,13-14,24H,5-6,11-12,28H2,1H3,(H,29,31). The van der Waals surface area contributed by atoms with Gasteiger partial charge in [0.15, 0.2) is 23.0 Å². The van der Waals surface area contributed by atoms with Crippen LogP contribution in [0.3, 0.4) is 0 Å². The van der Waals surface area contributed by atoms with Crippen LogP contribution in [0.25, 0.3) is 11.5 Å². The summed E-state index contributed by atoms with van der Waals surface area (Å²) in [7, 11) is 0. The number of benzene rings is 2. The van der Waals surface area contributed by atoms with Gasteiger partial charge in [-0.1, -0.05) is 12.1 Å². The van der Waals surface area contributed by atoms with Gasteiger partial charge in [0.1, 0.15) is 5.82 Å². The van der Waals surface area contributed by atoms with E-state index in [1.54, 1.807) is 19.1 Å². The fourth-order valence-corrected chi connectivity index (χ4v) is 3.28. The van der Waals surface area contributed by atoms with Crippen molar-refractivity contribution in [1.29, 1.82) is 0 Å². The van der Waals surface area contributed by atoms with Crippen LogP contribution in [0, 0.1) is 11.7 Å². The summed E-state index contributed by atoms with van der Waals surface area (Å²) in [4.78, 5) is 17.1. The molecule has 0 saturated heterocycles. The van der Waals surface area contributed by atoms with Crippen LogP contribution in [-0.2, 0) is 6.54 Å². The molecule has 1 aromatic heterocycles. The molecule has 1 fully saturated rings. The number of oxazole rings is 1. The highest BCUT2D eigenvalue weighted by atomic mass is 19.3. The second-order valence-corrected chi connectivity index (χ2v) is 8.13. The van der Waals surface area contributed by atoms with Crippen LogP contribution in [0.5, 0.6) is 11.5 Å². The van der Waals surface area contributed by atoms with Gasteiger partial charge < -0.3 is 24.9 Å². The van der Waals surface area contributed by atoms with Gasteiger partial charge in [-0.3, -0.25) is 4.79 Å². The molecular weight excluding hydrogens is 451 g/mol. The van der Waals surface area contributed by atoms with Crippen molar-refractivity contribution in [2.45, 2.75) is 39.0 Å². The van der Waals surface area contributed by atoms with E-state index in [1.165, 1.54) is 30.3 Å². The van der Waals surface area contributed by atoms with Gasteiger partial charge in [0, 0.05) is 12.1 Å². The number of nitrogens with two attached hydrogens (primary N) is 1. The molecule has 34 heavy (non-hydrogen) atoms. The second-order valence-electron chi connectivity index (χ2n) is 8.13. The van der Waals surface area contributed by atoms with Crippen LogP contribution in [-0.4, -0.2) is 24.1 Å². The number of alkyl halides is 2. The van der Waals surface area contributed by atoms with Gasteiger partial charge >= 0.3 is 6.61 Å². The number of nitrogens with one attached hydrogen (secondary N) is 1. The second kappa shape index (κ2) is 10.2. The number of ether oxygens (including phenoxy) is 2. The van der Waals surface area contributed by atoms with E-state index in [9.17, 15) is 18.0 Å². The molecular formula is C24H24F3N3O4. The maximum Gasteiger partial charge on any atom is 0.387 e. The van der Waals surface area contributed by atoms with E-state index < -0.39 is 24.4 Å². The fraction of sp³-hybridized carbons (Fsp3) is 0.333. The molecule has 0 aliphatic heterocycles. The molecule has 2 aromatic carbocycles. The molecule has 0 radical (unpaired) electrons. The Labute approximate surface area is 194 Å². The zero-order valence-corrected chi connectivity index (χ0v) is 18.4. The maximum atomic E-state index is 13.4. The zero-order chi connectivity index (χ0) is 24.2. The normalized spacial score (nSPS) is 14.2. The van der Waals surface area contributed by atoms with Crippen molar-refractivity contribution in [2.75, 3.05) is 6.61 Å². The van der Waals surface area contributed by atoms with Crippen LogP contribution >= 0.6 is 0 Å². The smallest absolute Gasteiger partial charge is 0.387 e. The van der Waals surface area contributed by atoms with Crippen molar-refractivity contribution in [2.24, 2.45) is 11.7 Å². The molecule has 7 nitrogen and oxygen atoms in total. The van der Waals surface area contributed by atoms with E-state index in [0.29, 0.717) is 23.7 Å². The van der Waals surface area contributed by atoms with E-state index in [-0.39, 0.29) is 35.4 Å². The third kappa shape index (κ3) is 5.88. The lowest BCUT2D eigenvalue weighted by Gasteiger charge is -2.12. The Morgan fingerprint density at radius 1 is 1.24 bits per heavy atom. The lowest BCUT2D eigenvalue weighted by molar-refractivity contribution is -0.0515. The van der Waals surface area contributed by atoms with Crippen molar-refractivity contribution in [3.8, 4) is 23.0 Å². The summed E-state index contributed by atoms with van der Waals surface area (Å²) in [6.45, 7) is -0.908. The number of hydrogen-bond donors (Lipinski definition) is 2. The van der Waals surface area contributed by atoms with Crippen molar-refractivity contribution in [3.05, 3.63) is 65.3 Å². The SMILES string of the molecule is CC(N)c1oc(-c2ccc(OC(F)F)c(OCC3CC3)c2)nc1C(=O)NCc1cccc(F)c1. The Hall–Kier alpha value is -3.53. The number of amides is 1. The molecule has 3 aromatic rings. The van der Waals surface area contributed by atoms with Gasteiger partial charge in [0.2, 0.25) is 5.89 Å². The quantitative estimate of drug-likeness (QED) is 0.436. The van der Waals surface area contributed by atoms with Crippen molar-refractivity contribution in [3.63, 3.8) is 0 Å². The van der Waals surface area contributed by atoms with E-state index in [1.807, 2.05) is 0 Å². The van der Waals surface area contributed by atoms with E-state index in [4.69, 9.17) is 14.9 Å². The predicted octanol–water partition coefficient (Wildman–Crippen LogP) is 4.82.